The van der Waals surface area contributed by atoms with Crippen LogP contribution in [-0.2, 0) is 0 Å². The van der Waals surface area contributed by atoms with Crippen LogP contribution in [0.3, 0.4) is 0 Å². The summed E-state index contributed by atoms with van der Waals surface area (Å²) in [4.78, 5) is 29.0. The number of para-hydroxylation sites is 1. The molecule has 0 atom stereocenters. The number of nitrogens with zero attached hydrogens (tertiary/aromatic N) is 2. The van der Waals surface area contributed by atoms with Gasteiger partial charge in [-0.1, -0.05) is 24.3 Å². The highest BCUT2D eigenvalue weighted by Gasteiger charge is 2.15. The van der Waals surface area contributed by atoms with Gasteiger partial charge in [0.15, 0.2) is 0 Å². The maximum Gasteiger partial charge on any atom is 0.270 e. The zero-order chi connectivity index (χ0) is 15.7. The van der Waals surface area contributed by atoms with Crippen molar-refractivity contribution in [3.05, 3.63) is 75.8 Å². The minimum atomic E-state index is -0.451. The Kier molecular flexibility index (Phi) is 3.47. The molecule has 22 heavy (non-hydrogen) atoms. The van der Waals surface area contributed by atoms with Crippen LogP contribution >= 0.6 is 0 Å². The zero-order valence-corrected chi connectivity index (χ0v) is 12.3. The second-order valence-corrected chi connectivity index (χ2v) is 5.13. The Morgan fingerprint density at radius 2 is 1.82 bits per heavy atom. The van der Waals surface area contributed by atoms with Gasteiger partial charge in [0.25, 0.3) is 11.5 Å². The second kappa shape index (κ2) is 5.44. The number of carbonyl (C=O) groups is 1. The third-order valence-electron chi connectivity index (χ3n) is 3.58. The molecule has 2 aromatic heterocycles. The lowest BCUT2D eigenvalue weighted by atomic mass is 10.1. The molecule has 3 aromatic rings. The first-order valence-electron chi connectivity index (χ1n) is 6.92. The molecule has 0 saturated heterocycles. The van der Waals surface area contributed by atoms with E-state index in [1.54, 1.807) is 24.4 Å². The number of fused-ring (bicyclic) bond motifs is 1. The van der Waals surface area contributed by atoms with Crippen molar-refractivity contribution >= 4 is 17.2 Å². The summed E-state index contributed by atoms with van der Waals surface area (Å²) < 4.78 is 1.36. The highest BCUT2D eigenvalue weighted by Crippen LogP contribution is 2.19. The Hall–Kier alpha value is -2.95. The first-order valence-corrected chi connectivity index (χ1v) is 6.92. The van der Waals surface area contributed by atoms with Crippen molar-refractivity contribution in [2.24, 2.45) is 0 Å². The molecule has 0 aliphatic heterocycles. The second-order valence-electron chi connectivity index (χ2n) is 5.13. The van der Waals surface area contributed by atoms with E-state index in [1.807, 2.05) is 32.0 Å². The standard InChI is InChI=1S/C17H15N3O2/c1-11-6-5-7-12(2)15(11)19-16(21)13-10-18-14-8-3-4-9-20(14)17(13)22/h3-10H,1-2H3,(H,19,21). The molecule has 0 unspecified atom stereocenters. The number of pyridine rings is 1. The highest BCUT2D eigenvalue weighted by molar-refractivity contribution is 6.04. The number of aryl methyl sites for hydroxylation is 2. The molecule has 0 bridgehead atoms. The van der Waals surface area contributed by atoms with E-state index in [2.05, 4.69) is 10.3 Å². The summed E-state index contributed by atoms with van der Waals surface area (Å²) in [5.41, 5.74) is 2.77. The number of hydrogen-bond acceptors (Lipinski definition) is 3. The van der Waals surface area contributed by atoms with Crippen LogP contribution in [0, 0.1) is 13.8 Å². The Balaban J connectivity index is 2.03. The van der Waals surface area contributed by atoms with Gasteiger partial charge in [0.05, 0.1) is 0 Å². The Morgan fingerprint density at radius 3 is 2.55 bits per heavy atom. The van der Waals surface area contributed by atoms with E-state index in [0.717, 1.165) is 16.8 Å². The molecule has 110 valence electrons. The summed E-state index contributed by atoms with van der Waals surface area (Å²) >= 11 is 0. The van der Waals surface area contributed by atoms with Gasteiger partial charge in [0.1, 0.15) is 11.2 Å². The predicted octanol–water partition coefficient (Wildman–Crippen LogP) is 2.56. The van der Waals surface area contributed by atoms with E-state index < -0.39 is 5.91 Å². The first-order chi connectivity index (χ1) is 10.6. The van der Waals surface area contributed by atoms with Crippen LogP contribution in [0.1, 0.15) is 21.5 Å². The summed E-state index contributed by atoms with van der Waals surface area (Å²) in [6, 6.07) is 11.0. The van der Waals surface area contributed by atoms with Crippen LogP contribution in [0.2, 0.25) is 0 Å². The molecule has 0 aliphatic carbocycles. The fraction of sp³-hybridized carbons (Fsp3) is 0.118. The van der Waals surface area contributed by atoms with E-state index in [1.165, 1.54) is 10.6 Å². The van der Waals surface area contributed by atoms with Crippen LogP contribution in [0.25, 0.3) is 5.65 Å². The van der Waals surface area contributed by atoms with Crippen LogP contribution in [-0.4, -0.2) is 15.3 Å². The molecule has 5 nitrogen and oxygen atoms in total. The van der Waals surface area contributed by atoms with E-state index in [4.69, 9.17) is 0 Å². The van der Waals surface area contributed by atoms with Gasteiger partial charge in [0.2, 0.25) is 0 Å². The molecule has 2 heterocycles. The molecular weight excluding hydrogens is 278 g/mol. The Bertz CT molecular complexity index is 908. The summed E-state index contributed by atoms with van der Waals surface area (Å²) in [6.07, 6.45) is 2.92. The molecule has 1 aromatic carbocycles. The quantitative estimate of drug-likeness (QED) is 0.790. The van der Waals surface area contributed by atoms with Gasteiger partial charge in [-0.15, -0.1) is 0 Å². The summed E-state index contributed by atoms with van der Waals surface area (Å²) in [6.45, 7) is 3.82. The van der Waals surface area contributed by atoms with Gasteiger partial charge in [-0.05, 0) is 37.1 Å². The van der Waals surface area contributed by atoms with Gasteiger partial charge >= 0.3 is 0 Å². The molecule has 0 aliphatic rings. The van der Waals surface area contributed by atoms with Gasteiger partial charge < -0.3 is 5.32 Å². The SMILES string of the molecule is Cc1cccc(C)c1NC(=O)c1cnc2ccccn2c1=O. The van der Waals surface area contributed by atoms with E-state index in [9.17, 15) is 9.59 Å². The van der Waals surface area contributed by atoms with Gasteiger partial charge in [-0.2, -0.15) is 0 Å². The van der Waals surface area contributed by atoms with Crippen LogP contribution in [0.15, 0.2) is 53.6 Å². The van der Waals surface area contributed by atoms with Crippen molar-refractivity contribution < 1.29 is 4.79 Å². The monoisotopic (exact) mass is 293 g/mol. The largest absolute Gasteiger partial charge is 0.321 e. The molecule has 5 heteroatoms. The summed E-state index contributed by atoms with van der Waals surface area (Å²) in [5.74, 6) is -0.451. The first kappa shape index (κ1) is 14.0. The maximum atomic E-state index is 12.4. The molecule has 1 amide bonds. The van der Waals surface area contributed by atoms with Gasteiger partial charge in [-0.25, -0.2) is 4.98 Å². The molecule has 1 N–H and O–H groups in total. The fourth-order valence-corrected chi connectivity index (χ4v) is 2.37. The van der Waals surface area contributed by atoms with E-state index in [-0.39, 0.29) is 11.1 Å². The lowest BCUT2D eigenvalue weighted by molar-refractivity contribution is 0.102. The van der Waals surface area contributed by atoms with Crippen molar-refractivity contribution in [1.29, 1.82) is 0 Å². The molecule has 0 saturated carbocycles. The van der Waals surface area contributed by atoms with Crippen molar-refractivity contribution in [3.8, 4) is 0 Å². The van der Waals surface area contributed by atoms with Crippen LogP contribution < -0.4 is 10.9 Å². The summed E-state index contributed by atoms with van der Waals surface area (Å²) in [5, 5.41) is 2.81. The topological polar surface area (TPSA) is 63.5 Å². The van der Waals surface area contributed by atoms with E-state index in [0.29, 0.717) is 5.65 Å². The summed E-state index contributed by atoms with van der Waals surface area (Å²) in [7, 11) is 0. The molecular formula is C17H15N3O2. The van der Waals surface area contributed by atoms with Gasteiger partial charge in [-0.3, -0.25) is 14.0 Å². The number of aromatic nitrogens is 2. The van der Waals surface area contributed by atoms with Crippen molar-refractivity contribution in [1.82, 2.24) is 9.38 Å². The smallest absolute Gasteiger partial charge is 0.270 e. The number of amides is 1. The lowest BCUT2D eigenvalue weighted by Crippen LogP contribution is -2.27. The average Bonchev–Trinajstić information content (AvgIpc) is 2.51. The lowest BCUT2D eigenvalue weighted by Gasteiger charge is -2.11. The van der Waals surface area contributed by atoms with E-state index >= 15 is 0 Å². The molecule has 0 radical (unpaired) electrons. The molecule has 3 rings (SSSR count). The number of anilines is 1. The minimum Gasteiger partial charge on any atom is -0.321 e. The Labute approximate surface area is 127 Å². The number of carbonyl (C=O) groups excluding carboxylic acids is 1. The highest BCUT2D eigenvalue weighted by atomic mass is 16.2. The zero-order valence-electron chi connectivity index (χ0n) is 12.3. The van der Waals surface area contributed by atoms with Crippen LogP contribution in [0.4, 0.5) is 5.69 Å². The van der Waals surface area contributed by atoms with Crippen molar-refractivity contribution in [2.75, 3.05) is 5.32 Å². The van der Waals surface area contributed by atoms with Crippen molar-refractivity contribution in [3.63, 3.8) is 0 Å². The maximum absolute atomic E-state index is 12.4. The minimum absolute atomic E-state index is 0.0198. The normalized spacial score (nSPS) is 10.6. The van der Waals surface area contributed by atoms with Gasteiger partial charge in [0, 0.05) is 18.1 Å². The molecule has 0 spiro atoms. The number of nitrogens with one attached hydrogen (secondary N) is 1. The number of rotatable bonds is 2. The third-order valence-corrected chi connectivity index (χ3v) is 3.58. The number of benzene rings is 1. The Morgan fingerprint density at radius 1 is 1.09 bits per heavy atom. The molecule has 0 fully saturated rings. The van der Waals surface area contributed by atoms with Crippen LogP contribution in [0.5, 0.6) is 0 Å². The third kappa shape index (κ3) is 2.37. The van der Waals surface area contributed by atoms with Crippen molar-refractivity contribution in [2.45, 2.75) is 13.8 Å². The fourth-order valence-electron chi connectivity index (χ4n) is 2.37. The average molecular weight is 293 g/mol. The number of hydrogen-bond donors (Lipinski definition) is 1. The predicted molar refractivity (Wildman–Crippen MR) is 85.3 cm³/mol.